The quantitative estimate of drug-likeness (QED) is 0.322. The molecule has 5 nitrogen and oxygen atoms in total. The van der Waals surface area contributed by atoms with E-state index in [1.165, 1.54) is 30.3 Å². The van der Waals surface area contributed by atoms with Gasteiger partial charge >= 0.3 is 6.18 Å². The van der Waals surface area contributed by atoms with E-state index in [0.717, 1.165) is 21.7 Å². The highest BCUT2D eigenvalue weighted by molar-refractivity contribution is 7.93. The summed E-state index contributed by atoms with van der Waals surface area (Å²) in [5.74, 6) is -2.16. The number of thiophene rings is 1. The average molecular weight is 523 g/mol. The van der Waals surface area contributed by atoms with Crippen molar-refractivity contribution in [3.63, 3.8) is 0 Å². The fraction of sp³-hybridized carbons (Fsp3) is 0.125. The van der Waals surface area contributed by atoms with Crippen LogP contribution in [0.1, 0.15) is 27.0 Å². The van der Waals surface area contributed by atoms with E-state index in [1.807, 2.05) is 0 Å². The summed E-state index contributed by atoms with van der Waals surface area (Å²) in [5, 5.41) is 0.666. The Kier molecular flexibility index (Phi) is 6.32. The molecule has 0 aliphatic heterocycles. The van der Waals surface area contributed by atoms with Gasteiger partial charge in [0.2, 0.25) is 5.91 Å². The zero-order chi connectivity index (χ0) is 25.5. The number of alkyl halides is 3. The molecule has 0 spiro atoms. The lowest BCUT2D eigenvalue weighted by molar-refractivity contribution is -0.140. The number of benzene rings is 3. The molecule has 0 atom stereocenters. The van der Waals surface area contributed by atoms with Crippen LogP contribution in [0.5, 0.6) is 0 Å². The van der Waals surface area contributed by atoms with Gasteiger partial charge in [-0.2, -0.15) is 13.2 Å². The SMILES string of the molecule is Cc1c(N(Cc2ccc(F)c(C(F)(F)F)c2)S(=O)(=O)c2ccccc2)sc2cccc(C(N)=O)c12. The minimum Gasteiger partial charge on any atom is -0.366 e. The summed E-state index contributed by atoms with van der Waals surface area (Å²) in [6.45, 7) is 1.11. The Labute approximate surface area is 202 Å². The summed E-state index contributed by atoms with van der Waals surface area (Å²) < 4.78 is 82.7. The summed E-state index contributed by atoms with van der Waals surface area (Å²) in [5.41, 5.74) is 4.57. The summed E-state index contributed by atoms with van der Waals surface area (Å²) in [4.78, 5) is 11.9. The molecule has 182 valence electrons. The van der Waals surface area contributed by atoms with Gasteiger partial charge in [-0.15, -0.1) is 11.3 Å². The highest BCUT2D eigenvalue weighted by Crippen LogP contribution is 2.42. The summed E-state index contributed by atoms with van der Waals surface area (Å²) in [7, 11) is -4.26. The number of anilines is 1. The van der Waals surface area contributed by atoms with Gasteiger partial charge in [-0.25, -0.2) is 12.8 Å². The van der Waals surface area contributed by atoms with E-state index in [4.69, 9.17) is 5.73 Å². The lowest BCUT2D eigenvalue weighted by Gasteiger charge is -2.24. The number of nitrogens with two attached hydrogens (primary N) is 1. The fourth-order valence-corrected chi connectivity index (χ4v) is 6.75. The maximum Gasteiger partial charge on any atom is 0.419 e. The van der Waals surface area contributed by atoms with E-state index in [2.05, 4.69) is 0 Å². The fourth-order valence-electron chi connectivity index (χ4n) is 3.77. The van der Waals surface area contributed by atoms with Crippen LogP contribution in [0, 0.1) is 12.7 Å². The van der Waals surface area contributed by atoms with Gasteiger partial charge in [-0.3, -0.25) is 9.10 Å². The highest BCUT2D eigenvalue weighted by Gasteiger charge is 2.35. The molecule has 1 amide bonds. The molecular formula is C24H18F4N2O3S2. The number of aryl methyl sites for hydroxylation is 1. The zero-order valence-corrected chi connectivity index (χ0v) is 19.8. The molecule has 3 aromatic carbocycles. The first-order chi connectivity index (χ1) is 16.4. The highest BCUT2D eigenvalue weighted by atomic mass is 32.2. The first kappa shape index (κ1) is 24.7. The molecule has 0 aliphatic rings. The number of primary amides is 1. The van der Waals surface area contributed by atoms with Crippen molar-refractivity contribution in [2.45, 2.75) is 24.5 Å². The number of hydrogen-bond acceptors (Lipinski definition) is 4. The molecule has 0 saturated carbocycles. The molecule has 0 aliphatic carbocycles. The van der Waals surface area contributed by atoms with Gasteiger partial charge in [-0.05, 0) is 54.4 Å². The van der Waals surface area contributed by atoms with Crippen LogP contribution in [-0.4, -0.2) is 14.3 Å². The molecule has 0 fully saturated rings. The minimum absolute atomic E-state index is 0.0646. The van der Waals surface area contributed by atoms with Crippen molar-refractivity contribution in [1.82, 2.24) is 0 Å². The van der Waals surface area contributed by atoms with Gasteiger partial charge in [0.1, 0.15) is 10.8 Å². The van der Waals surface area contributed by atoms with Gasteiger partial charge in [0.25, 0.3) is 10.0 Å². The van der Waals surface area contributed by atoms with Crippen LogP contribution in [0.25, 0.3) is 10.1 Å². The van der Waals surface area contributed by atoms with Gasteiger partial charge in [0.05, 0.1) is 17.0 Å². The Bertz CT molecular complexity index is 1530. The van der Waals surface area contributed by atoms with E-state index in [1.54, 1.807) is 25.1 Å². The van der Waals surface area contributed by atoms with E-state index in [-0.39, 0.29) is 21.0 Å². The third-order valence-electron chi connectivity index (χ3n) is 5.41. The van der Waals surface area contributed by atoms with Crippen LogP contribution < -0.4 is 10.0 Å². The predicted molar refractivity (Wildman–Crippen MR) is 126 cm³/mol. The molecule has 0 radical (unpaired) electrons. The number of nitrogens with zero attached hydrogens (tertiary/aromatic N) is 1. The number of hydrogen-bond donors (Lipinski definition) is 1. The Balaban J connectivity index is 1.94. The van der Waals surface area contributed by atoms with Crippen LogP contribution >= 0.6 is 11.3 Å². The Morgan fingerprint density at radius 3 is 2.34 bits per heavy atom. The largest absolute Gasteiger partial charge is 0.419 e. The predicted octanol–water partition coefficient (Wildman–Crippen LogP) is 5.86. The zero-order valence-electron chi connectivity index (χ0n) is 18.1. The average Bonchev–Trinajstić information content (AvgIpc) is 3.14. The molecular weight excluding hydrogens is 504 g/mol. The second kappa shape index (κ2) is 8.97. The smallest absolute Gasteiger partial charge is 0.366 e. The first-order valence-electron chi connectivity index (χ1n) is 10.2. The normalized spacial score (nSPS) is 12.1. The minimum atomic E-state index is -4.95. The van der Waals surface area contributed by atoms with Crippen molar-refractivity contribution in [3.05, 3.63) is 94.8 Å². The van der Waals surface area contributed by atoms with Crippen molar-refractivity contribution >= 4 is 42.4 Å². The Morgan fingerprint density at radius 2 is 1.71 bits per heavy atom. The molecule has 4 aromatic rings. The maximum atomic E-state index is 13.9. The second-order valence-electron chi connectivity index (χ2n) is 7.71. The molecule has 0 bridgehead atoms. The molecule has 1 aromatic heterocycles. The van der Waals surface area contributed by atoms with E-state index < -0.39 is 40.0 Å². The first-order valence-corrected chi connectivity index (χ1v) is 12.4. The lowest BCUT2D eigenvalue weighted by Crippen LogP contribution is -2.30. The Hall–Kier alpha value is -3.44. The number of sulfonamides is 1. The standard InChI is InChI=1S/C24H18F4N2O3S2/c1-14-21-17(22(29)31)8-5-9-20(21)34-23(14)30(35(32,33)16-6-3-2-4-7-16)13-15-10-11-19(25)18(12-15)24(26,27)28/h2-12H,13H2,1H3,(H2,29,31). The third kappa shape index (κ3) is 4.61. The van der Waals surface area contributed by atoms with Gasteiger partial charge < -0.3 is 5.73 Å². The van der Waals surface area contributed by atoms with Crippen LogP contribution in [0.3, 0.4) is 0 Å². The van der Waals surface area contributed by atoms with Gasteiger partial charge in [0, 0.05) is 15.6 Å². The number of amides is 1. The monoisotopic (exact) mass is 522 g/mol. The van der Waals surface area contributed by atoms with Crippen molar-refractivity contribution in [2.75, 3.05) is 4.31 Å². The molecule has 35 heavy (non-hydrogen) atoms. The molecule has 11 heteroatoms. The van der Waals surface area contributed by atoms with Crippen molar-refractivity contribution in [2.24, 2.45) is 5.73 Å². The van der Waals surface area contributed by atoms with Gasteiger partial charge in [0.15, 0.2) is 0 Å². The maximum absolute atomic E-state index is 13.9. The number of carbonyl (C=O) groups is 1. The topological polar surface area (TPSA) is 80.5 Å². The van der Waals surface area contributed by atoms with E-state index in [9.17, 15) is 30.8 Å². The number of halogens is 4. The van der Waals surface area contributed by atoms with Crippen LogP contribution in [0.2, 0.25) is 0 Å². The number of rotatable bonds is 6. The molecule has 4 rings (SSSR count). The number of carbonyl (C=O) groups excluding carboxylic acids is 1. The van der Waals surface area contributed by atoms with Crippen molar-refractivity contribution in [3.8, 4) is 0 Å². The summed E-state index contributed by atoms with van der Waals surface area (Å²) in [6, 6.07) is 14.6. The molecule has 0 unspecified atom stereocenters. The second-order valence-corrected chi connectivity index (χ2v) is 10.6. The Morgan fingerprint density at radius 1 is 1.03 bits per heavy atom. The summed E-state index contributed by atoms with van der Waals surface area (Å²) in [6.07, 6.45) is -4.95. The van der Waals surface area contributed by atoms with Crippen LogP contribution in [0.4, 0.5) is 22.6 Å². The van der Waals surface area contributed by atoms with Crippen LogP contribution in [0.15, 0.2) is 71.6 Å². The van der Waals surface area contributed by atoms with Gasteiger partial charge in [-0.1, -0.05) is 30.3 Å². The molecule has 1 heterocycles. The molecule has 2 N–H and O–H groups in total. The number of fused-ring (bicyclic) bond motifs is 1. The van der Waals surface area contributed by atoms with Crippen LogP contribution in [-0.2, 0) is 22.7 Å². The lowest BCUT2D eigenvalue weighted by atomic mass is 10.1. The van der Waals surface area contributed by atoms with Crippen molar-refractivity contribution < 1.29 is 30.8 Å². The van der Waals surface area contributed by atoms with E-state index >= 15 is 0 Å². The van der Waals surface area contributed by atoms with E-state index in [0.29, 0.717) is 27.8 Å². The van der Waals surface area contributed by atoms with Crippen molar-refractivity contribution in [1.29, 1.82) is 0 Å². The molecule has 0 saturated heterocycles. The summed E-state index contributed by atoms with van der Waals surface area (Å²) >= 11 is 1.06. The third-order valence-corrected chi connectivity index (χ3v) is 8.57.